The van der Waals surface area contributed by atoms with Gasteiger partial charge in [0.25, 0.3) is 5.88 Å². The molecule has 0 spiro atoms. The number of carboxylic acids is 1. The molecule has 0 atom stereocenters. The van der Waals surface area contributed by atoms with Crippen molar-refractivity contribution in [2.75, 3.05) is 7.11 Å². The largest absolute Gasteiger partial charge is 0.481 e. The second-order valence-electron chi connectivity index (χ2n) is 3.70. The Morgan fingerprint density at radius 2 is 2.36 bits per heavy atom. The molecule has 0 fully saturated rings. The molecule has 0 aliphatic carbocycles. The number of rotatable bonds is 4. The Morgan fingerprint density at radius 1 is 1.71 bits per heavy atom. The topological polar surface area (TPSA) is 72.6 Å². The minimum absolute atomic E-state index is 0.290. The van der Waals surface area contributed by atoms with Crippen LogP contribution >= 0.6 is 0 Å². The molecule has 0 amide bonds. The highest BCUT2D eigenvalue weighted by Gasteiger charge is 2.29. The number of ether oxygens (including phenoxy) is 1. The number of nitrogens with zero attached hydrogens (tertiary/aromatic N) is 1. The zero-order chi connectivity index (χ0) is 10.8. The molecule has 1 heterocycles. The lowest BCUT2D eigenvalue weighted by Crippen LogP contribution is -2.25. The molecule has 1 aromatic heterocycles. The van der Waals surface area contributed by atoms with Crippen LogP contribution in [0.2, 0.25) is 0 Å². The fourth-order valence-electron chi connectivity index (χ4n) is 0.985. The molecule has 1 rings (SSSR count). The number of hydrogen-bond acceptors (Lipinski definition) is 4. The van der Waals surface area contributed by atoms with Gasteiger partial charge in [-0.25, -0.2) is 0 Å². The Labute approximate surface area is 81.7 Å². The first kappa shape index (κ1) is 10.6. The van der Waals surface area contributed by atoms with Gasteiger partial charge in [-0.2, -0.15) is 0 Å². The van der Waals surface area contributed by atoms with Gasteiger partial charge in [0.05, 0.1) is 12.5 Å². The van der Waals surface area contributed by atoms with E-state index in [0.29, 0.717) is 18.1 Å². The normalized spacial score (nSPS) is 11.4. The van der Waals surface area contributed by atoms with E-state index < -0.39 is 11.4 Å². The average molecular weight is 199 g/mol. The van der Waals surface area contributed by atoms with Crippen molar-refractivity contribution in [1.82, 2.24) is 5.16 Å². The Balaban J connectivity index is 2.73. The highest BCUT2D eigenvalue weighted by Crippen LogP contribution is 2.23. The number of hydrogen-bond donors (Lipinski definition) is 1. The molecule has 0 unspecified atom stereocenters. The molecular formula is C9H13NO4. The van der Waals surface area contributed by atoms with E-state index in [4.69, 9.17) is 14.4 Å². The summed E-state index contributed by atoms with van der Waals surface area (Å²) < 4.78 is 9.72. The summed E-state index contributed by atoms with van der Waals surface area (Å²) >= 11 is 0. The van der Waals surface area contributed by atoms with Crippen LogP contribution in [-0.4, -0.2) is 23.3 Å². The van der Waals surface area contributed by atoms with Gasteiger partial charge in [0, 0.05) is 12.5 Å². The van der Waals surface area contributed by atoms with Gasteiger partial charge in [0.2, 0.25) is 0 Å². The van der Waals surface area contributed by atoms with E-state index in [1.807, 2.05) is 0 Å². The molecule has 78 valence electrons. The third kappa shape index (κ3) is 2.25. The highest BCUT2D eigenvalue weighted by atomic mass is 16.5. The lowest BCUT2D eigenvalue weighted by atomic mass is 9.88. The Hall–Kier alpha value is -1.52. The van der Waals surface area contributed by atoms with Crippen LogP contribution < -0.4 is 4.74 Å². The summed E-state index contributed by atoms with van der Waals surface area (Å²) in [6.07, 6.45) is 0.290. The molecule has 5 heteroatoms. The van der Waals surface area contributed by atoms with Crippen molar-refractivity contribution in [3.05, 3.63) is 11.8 Å². The summed E-state index contributed by atoms with van der Waals surface area (Å²) in [5, 5.41) is 12.5. The maximum Gasteiger partial charge on any atom is 0.309 e. The van der Waals surface area contributed by atoms with Crippen LogP contribution in [0.1, 0.15) is 19.6 Å². The third-order valence-corrected chi connectivity index (χ3v) is 1.94. The van der Waals surface area contributed by atoms with Gasteiger partial charge >= 0.3 is 5.97 Å². The minimum atomic E-state index is -0.868. The quantitative estimate of drug-likeness (QED) is 0.792. The smallest absolute Gasteiger partial charge is 0.309 e. The second-order valence-corrected chi connectivity index (χ2v) is 3.70. The summed E-state index contributed by atoms with van der Waals surface area (Å²) in [6, 6.07) is 1.59. The van der Waals surface area contributed by atoms with Crippen LogP contribution in [0.25, 0.3) is 0 Å². The van der Waals surface area contributed by atoms with Crippen LogP contribution in [0.5, 0.6) is 5.88 Å². The number of carbonyl (C=O) groups is 1. The van der Waals surface area contributed by atoms with Crippen molar-refractivity contribution in [1.29, 1.82) is 0 Å². The van der Waals surface area contributed by atoms with Crippen LogP contribution in [0.3, 0.4) is 0 Å². The van der Waals surface area contributed by atoms with Crippen LogP contribution in [-0.2, 0) is 11.2 Å². The van der Waals surface area contributed by atoms with Crippen LogP contribution in [0.15, 0.2) is 10.6 Å². The molecule has 1 N–H and O–H groups in total. The van der Waals surface area contributed by atoms with Crippen molar-refractivity contribution in [2.24, 2.45) is 5.41 Å². The van der Waals surface area contributed by atoms with Gasteiger partial charge < -0.3 is 14.4 Å². The zero-order valence-electron chi connectivity index (χ0n) is 8.40. The first-order valence-electron chi connectivity index (χ1n) is 4.18. The van der Waals surface area contributed by atoms with Crippen molar-refractivity contribution in [2.45, 2.75) is 20.3 Å². The van der Waals surface area contributed by atoms with Crippen molar-refractivity contribution >= 4 is 5.97 Å². The predicted octanol–water partition coefficient (Wildman–Crippen LogP) is 1.34. The minimum Gasteiger partial charge on any atom is -0.481 e. The summed E-state index contributed by atoms with van der Waals surface area (Å²) in [5.74, 6) is 0.00306. The van der Waals surface area contributed by atoms with E-state index >= 15 is 0 Å². The first-order valence-corrected chi connectivity index (χ1v) is 4.18. The first-order chi connectivity index (χ1) is 6.45. The average Bonchev–Trinajstić information content (AvgIpc) is 2.51. The monoisotopic (exact) mass is 199 g/mol. The summed E-state index contributed by atoms with van der Waals surface area (Å²) in [5.41, 5.74) is -0.857. The summed E-state index contributed by atoms with van der Waals surface area (Å²) in [6.45, 7) is 3.26. The molecule has 14 heavy (non-hydrogen) atoms. The Morgan fingerprint density at radius 3 is 2.79 bits per heavy atom. The number of aromatic nitrogens is 1. The van der Waals surface area contributed by atoms with E-state index in [1.165, 1.54) is 7.11 Å². The van der Waals surface area contributed by atoms with Gasteiger partial charge in [0.15, 0.2) is 0 Å². The van der Waals surface area contributed by atoms with E-state index in [9.17, 15) is 4.79 Å². The Bertz CT molecular complexity index is 329. The molecule has 0 aliphatic rings. The Kier molecular flexibility index (Phi) is 2.78. The third-order valence-electron chi connectivity index (χ3n) is 1.94. The van der Waals surface area contributed by atoms with E-state index in [2.05, 4.69) is 5.16 Å². The standard InChI is InChI=1S/C9H13NO4/c1-9(2,8(11)12)5-6-4-7(13-3)10-14-6/h4H,5H2,1-3H3,(H,11,12). The molecule has 0 radical (unpaired) electrons. The molecule has 5 nitrogen and oxygen atoms in total. The molecule has 0 saturated heterocycles. The van der Waals surface area contributed by atoms with E-state index in [0.717, 1.165) is 0 Å². The summed E-state index contributed by atoms with van der Waals surface area (Å²) in [7, 11) is 1.48. The number of aliphatic carboxylic acids is 1. The highest BCUT2D eigenvalue weighted by molar-refractivity contribution is 5.73. The number of methoxy groups -OCH3 is 1. The molecular weight excluding hydrogens is 186 g/mol. The predicted molar refractivity (Wildman–Crippen MR) is 48.2 cm³/mol. The zero-order valence-corrected chi connectivity index (χ0v) is 8.40. The van der Waals surface area contributed by atoms with Gasteiger partial charge in [-0.05, 0) is 19.0 Å². The van der Waals surface area contributed by atoms with E-state index in [1.54, 1.807) is 19.9 Å². The maximum absolute atomic E-state index is 10.8. The fraction of sp³-hybridized carbons (Fsp3) is 0.556. The van der Waals surface area contributed by atoms with Gasteiger partial charge in [-0.1, -0.05) is 0 Å². The number of carboxylic acid groups (broad SMARTS) is 1. The molecule has 1 aromatic rings. The SMILES string of the molecule is COc1cc(CC(C)(C)C(=O)O)on1. The maximum atomic E-state index is 10.8. The van der Waals surface area contributed by atoms with Gasteiger partial charge in [-0.15, -0.1) is 0 Å². The van der Waals surface area contributed by atoms with Crippen molar-refractivity contribution in [3.63, 3.8) is 0 Å². The van der Waals surface area contributed by atoms with Crippen LogP contribution in [0.4, 0.5) is 0 Å². The fourth-order valence-corrected chi connectivity index (χ4v) is 0.985. The van der Waals surface area contributed by atoms with Gasteiger partial charge in [-0.3, -0.25) is 4.79 Å². The van der Waals surface area contributed by atoms with Crippen LogP contribution in [0, 0.1) is 5.41 Å². The lowest BCUT2D eigenvalue weighted by molar-refractivity contribution is -0.147. The van der Waals surface area contributed by atoms with E-state index in [-0.39, 0.29) is 0 Å². The molecule has 0 aromatic carbocycles. The van der Waals surface area contributed by atoms with Crippen molar-refractivity contribution < 1.29 is 19.2 Å². The second kappa shape index (κ2) is 3.69. The molecule has 0 bridgehead atoms. The van der Waals surface area contributed by atoms with Gasteiger partial charge in [0.1, 0.15) is 5.76 Å². The summed E-state index contributed by atoms with van der Waals surface area (Å²) in [4.78, 5) is 10.8. The molecule has 0 aliphatic heterocycles. The van der Waals surface area contributed by atoms with Crippen molar-refractivity contribution in [3.8, 4) is 5.88 Å². The lowest BCUT2D eigenvalue weighted by Gasteiger charge is -2.16. The molecule has 0 saturated carbocycles.